The van der Waals surface area contributed by atoms with E-state index in [4.69, 9.17) is 5.73 Å². The van der Waals surface area contributed by atoms with Crippen LogP contribution in [0.4, 0.5) is 17.3 Å². The minimum Gasteiger partial charge on any atom is -0.384 e. The molecule has 0 fully saturated rings. The zero-order valence-electron chi connectivity index (χ0n) is 12.0. The fraction of sp³-hybridized carbons (Fsp3) is 0.333. The van der Waals surface area contributed by atoms with E-state index < -0.39 is 0 Å². The number of hydrogen-bond acceptors (Lipinski definition) is 5. The maximum atomic E-state index is 5.62. The van der Waals surface area contributed by atoms with Crippen molar-refractivity contribution in [2.75, 3.05) is 31.7 Å². The molecule has 1 aromatic carbocycles. The number of hydrogen-bond donors (Lipinski definition) is 2. The molecule has 0 amide bonds. The zero-order chi connectivity index (χ0) is 14.4. The van der Waals surface area contributed by atoms with Crippen molar-refractivity contribution in [3.8, 4) is 0 Å². The maximum absolute atomic E-state index is 5.62. The van der Waals surface area contributed by atoms with Crippen molar-refractivity contribution in [2.24, 2.45) is 0 Å². The van der Waals surface area contributed by atoms with Crippen molar-refractivity contribution in [3.63, 3.8) is 0 Å². The van der Waals surface area contributed by atoms with E-state index in [1.807, 2.05) is 0 Å². The molecule has 2 aromatic rings. The molecule has 0 saturated carbocycles. The summed E-state index contributed by atoms with van der Waals surface area (Å²) >= 11 is 0. The monoisotopic (exact) mass is 271 g/mol. The predicted octanol–water partition coefficient (Wildman–Crippen LogP) is 2.30. The van der Waals surface area contributed by atoms with Crippen LogP contribution in [0.2, 0.25) is 0 Å². The molecule has 5 heteroatoms. The Morgan fingerprint density at radius 3 is 2.55 bits per heavy atom. The fourth-order valence-electron chi connectivity index (χ4n) is 1.94. The number of benzene rings is 1. The average Bonchev–Trinajstić information content (AvgIpc) is 2.40. The van der Waals surface area contributed by atoms with Gasteiger partial charge in [0.15, 0.2) is 0 Å². The van der Waals surface area contributed by atoms with E-state index in [9.17, 15) is 0 Å². The first-order valence-corrected chi connectivity index (χ1v) is 6.72. The first-order valence-electron chi connectivity index (χ1n) is 6.72. The number of aromatic nitrogens is 2. The molecule has 0 aliphatic carbocycles. The summed E-state index contributed by atoms with van der Waals surface area (Å²) in [6.45, 7) is 1.11. The summed E-state index contributed by atoms with van der Waals surface area (Å²) in [5, 5.41) is 3.21. The third-order valence-electron chi connectivity index (χ3n) is 2.99. The van der Waals surface area contributed by atoms with E-state index in [0.29, 0.717) is 11.6 Å². The van der Waals surface area contributed by atoms with Crippen LogP contribution in [0.15, 0.2) is 36.7 Å². The van der Waals surface area contributed by atoms with Crippen molar-refractivity contribution in [1.29, 1.82) is 0 Å². The van der Waals surface area contributed by atoms with E-state index in [1.165, 1.54) is 18.3 Å². The number of nitrogen functional groups attached to an aromatic ring is 1. The second-order valence-electron chi connectivity index (χ2n) is 5.06. The summed E-state index contributed by atoms with van der Waals surface area (Å²) < 4.78 is 0. The number of nitrogens with two attached hydrogens (primary N) is 1. The van der Waals surface area contributed by atoms with Crippen LogP contribution in [0.1, 0.15) is 12.0 Å². The lowest BCUT2D eigenvalue weighted by Crippen LogP contribution is -2.13. The SMILES string of the molecule is CN(C)CCCc1ccc(Nc2cc(N)ncn2)cc1. The molecule has 0 bridgehead atoms. The van der Waals surface area contributed by atoms with Gasteiger partial charge in [0, 0.05) is 11.8 Å². The van der Waals surface area contributed by atoms with Crippen LogP contribution in [0.3, 0.4) is 0 Å². The van der Waals surface area contributed by atoms with Gasteiger partial charge in [0.05, 0.1) is 0 Å². The highest BCUT2D eigenvalue weighted by atomic mass is 15.0. The van der Waals surface area contributed by atoms with Crippen LogP contribution in [0.5, 0.6) is 0 Å². The molecule has 0 atom stereocenters. The van der Waals surface area contributed by atoms with Crippen molar-refractivity contribution < 1.29 is 0 Å². The summed E-state index contributed by atoms with van der Waals surface area (Å²) in [6, 6.07) is 10.1. The Kier molecular flexibility index (Phi) is 4.90. The molecular formula is C15H21N5. The van der Waals surface area contributed by atoms with E-state index in [1.54, 1.807) is 6.07 Å². The van der Waals surface area contributed by atoms with Crippen LogP contribution in [-0.4, -0.2) is 35.5 Å². The Labute approximate surface area is 119 Å². The topological polar surface area (TPSA) is 67.1 Å². The standard InChI is InChI=1S/C15H21N5/c1-20(2)9-3-4-12-5-7-13(8-6-12)19-15-10-14(16)17-11-18-15/h5-8,10-11H,3-4,9H2,1-2H3,(H3,16,17,18,19). The molecule has 0 unspecified atom stereocenters. The van der Waals surface area contributed by atoms with E-state index in [0.717, 1.165) is 18.7 Å². The third-order valence-corrected chi connectivity index (χ3v) is 2.99. The Morgan fingerprint density at radius 2 is 1.90 bits per heavy atom. The molecule has 0 aliphatic heterocycles. The highest BCUT2D eigenvalue weighted by molar-refractivity contribution is 5.58. The van der Waals surface area contributed by atoms with E-state index in [2.05, 4.69) is 58.5 Å². The molecule has 1 aromatic heterocycles. The van der Waals surface area contributed by atoms with E-state index in [-0.39, 0.29) is 0 Å². The van der Waals surface area contributed by atoms with Crippen molar-refractivity contribution in [2.45, 2.75) is 12.8 Å². The molecule has 5 nitrogen and oxygen atoms in total. The summed E-state index contributed by atoms with van der Waals surface area (Å²) in [4.78, 5) is 10.2. The Bertz CT molecular complexity index is 536. The van der Waals surface area contributed by atoms with Gasteiger partial charge in [-0.1, -0.05) is 12.1 Å². The van der Waals surface area contributed by atoms with Gasteiger partial charge < -0.3 is 16.0 Å². The van der Waals surface area contributed by atoms with Gasteiger partial charge in [0.1, 0.15) is 18.0 Å². The molecule has 0 radical (unpaired) electrons. The van der Waals surface area contributed by atoms with Crippen LogP contribution in [0, 0.1) is 0 Å². The summed E-state index contributed by atoms with van der Waals surface area (Å²) in [6.07, 6.45) is 3.72. The summed E-state index contributed by atoms with van der Waals surface area (Å²) in [7, 11) is 4.20. The normalized spacial score (nSPS) is 10.8. The van der Waals surface area contributed by atoms with Crippen molar-refractivity contribution >= 4 is 17.3 Å². The van der Waals surface area contributed by atoms with Crippen molar-refractivity contribution in [3.05, 3.63) is 42.2 Å². The molecule has 3 N–H and O–H groups in total. The van der Waals surface area contributed by atoms with Gasteiger partial charge in [0.25, 0.3) is 0 Å². The molecule has 0 spiro atoms. The highest BCUT2D eigenvalue weighted by Crippen LogP contribution is 2.16. The van der Waals surface area contributed by atoms with Gasteiger partial charge in [-0.05, 0) is 51.2 Å². The van der Waals surface area contributed by atoms with Crippen LogP contribution in [0.25, 0.3) is 0 Å². The van der Waals surface area contributed by atoms with Crippen molar-refractivity contribution in [1.82, 2.24) is 14.9 Å². The molecule has 106 valence electrons. The van der Waals surface area contributed by atoms with Crippen LogP contribution in [-0.2, 0) is 6.42 Å². The molecular weight excluding hydrogens is 250 g/mol. The van der Waals surface area contributed by atoms with Crippen LogP contribution >= 0.6 is 0 Å². The van der Waals surface area contributed by atoms with E-state index >= 15 is 0 Å². The first kappa shape index (κ1) is 14.3. The van der Waals surface area contributed by atoms with Gasteiger partial charge in [0.2, 0.25) is 0 Å². The number of aryl methyl sites for hydroxylation is 1. The minimum atomic E-state index is 0.461. The Hall–Kier alpha value is -2.14. The lowest BCUT2D eigenvalue weighted by atomic mass is 10.1. The highest BCUT2D eigenvalue weighted by Gasteiger charge is 1.99. The van der Waals surface area contributed by atoms with Gasteiger partial charge in [-0.15, -0.1) is 0 Å². The van der Waals surface area contributed by atoms with Gasteiger partial charge in [-0.3, -0.25) is 0 Å². The first-order chi connectivity index (χ1) is 9.63. The number of rotatable bonds is 6. The number of anilines is 3. The lowest BCUT2D eigenvalue weighted by Gasteiger charge is -2.10. The molecule has 2 rings (SSSR count). The van der Waals surface area contributed by atoms with Gasteiger partial charge in [-0.25, -0.2) is 9.97 Å². The second kappa shape index (κ2) is 6.86. The zero-order valence-corrected chi connectivity index (χ0v) is 12.0. The molecule has 0 saturated heterocycles. The average molecular weight is 271 g/mol. The Morgan fingerprint density at radius 1 is 1.15 bits per heavy atom. The van der Waals surface area contributed by atoms with Gasteiger partial charge in [-0.2, -0.15) is 0 Å². The maximum Gasteiger partial charge on any atom is 0.135 e. The quantitative estimate of drug-likeness (QED) is 0.844. The smallest absolute Gasteiger partial charge is 0.135 e. The fourth-order valence-corrected chi connectivity index (χ4v) is 1.94. The minimum absolute atomic E-state index is 0.461. The van der Waals surface area contributed by atoms with Gasteiger partial charge >= 0.3 is 0 Å². The third kappa shape index (κ3) is 4.51. The molecule has 0 aliphatic rings. The summed E-state index contributed by atoms with van der Waals surface area (Å²) in [5.41, 5.74) is 7.97. The second-order valence-corrected chi connectivity index (χ2v) is 5.06. The van der Waals surface area contributed by atoms with Crippen LogP contribution < -0.4 is 11.1 Å². The number of nitrogens with zero attached hydrogens (tertiary/aromatic N) is 3. The molecule has 1 heterocycles. The Balaban J connectivity index is 1.91. The lowest BCUT2D eigenvalue weighted by molar-refractivity contribution is 0.400. The number of nitrogens with one attached hydrogen (secondary N) is 1. The molecule has 20 heavy (non-hydrogen) atoms. The predicted molar refractivity (Wildman–Crippen MR) is 83.0 cm³/mol. The largest absolute Gasteiger partial charge is 0.384 e. The summed E-state index contributed by atoms with van der Waals surface area (Å²) in [5.74, 6) is 1.17.